The molecule has 2 unspecified atom stereocenters. The van der Waals surface area contributed by atoms with Crippen LogP contribution in [-0.2, 0) is 30.5 Å². The Kier molecular flexibility index (Phi) is 8.12. The predicted molar refractivity (Wildman–Crippen MR) is 140 cm³/mol. The van der Waals surface area contributed by atoms with Crippen LogP contribution in [0.25, 0.3) is 0 Å². The van der Waals surface area contributed by atoms with E-state index in [0.29, 0.717) is 23.6 Å². The smallest absolute Gasteiger partial charge is 0.116 e. The summed E-state index contributed by atoms with van der Waals surface area (Å²) in [5, 5.41) is 9.88. The molecule has 0 saturated heterocycles. The van der Waals surface area contributed by atoms with Gasteiger partial charge in [-0.05, 0) is 105 Å². The average Bonchev–Trinajstić information content (AvgIpc) is 2.86. The number of likely N-dealkylation sites (N-methyl/N-ethyl adjacent to an activating group) is 2. The number of hydrogen-bond acceptors (Lipinski definition) is 4. The maximum Gasteiger partial charge on any atom is 0.116 e. The van der Waals surface area contributed by atoms with E-state index in [1.54, 1.807) is 7.11 Å². The number of benzene rings is 2. The third kappa shape index (κ3) is 5.92. The summed E-state index contributed by atoms with van der Waals surface area (Å²) in [7, 11) is 6.01. The van der Waals surface area contributed by atoms with Crippen molar-refractivity contribution in [3.05, 3.63) is 88.7 Å². The van der Waals surface area contributed by atoms with Crippen LogP contribution in [0.4, 0.5) is 0 Å². The van der Waals surface area contributed by atoms with E-state index < -0.39 is 0 Å². The number of ether oxygens (including phenoxy) is 1. The van der Waals surface area contributed by atoms with Crippen LogP contribution in [0.2, 0.25) is 0 Å². The fraction of sp³-hybridized carbons (Fsp3) is 0.467. The molecule has 0 amide bonds. The van der Waals surface area contributed by atoms with Gasteiger partial charge >= 0.3 is 0 Å². The minimum Gasteiger partial charge on any atom is -0.508 e. The molecule has 0 fully saturated rings. The van der Waals surface area contributed by atoms with Crippen LogP contribution in [0, 0.1) is 11.8 Å². The zero-order valence-electron chi connectivity index (χ0n) is 21.2. The van der Waals surface area contributed by atoms with E-state index in [1.807, 2.05) is 12.1 Å². The lowest BCUT2D eigenvalue weighted by molar-refractivity contribution is 0.147. The van der Waals surface area contributed by atoms with Gasteiger partial charge < -0.3 is 14.7 Å². The molecule has 0 spiro atoms. The van der Waals surface area contributed by atoms with E-state index in [-0.39, 0.29) is 0 Å². The van der Waals surface area contributed by atoms with Crippen LogP contribution in [0.1, 0.15) is 35.6 Å². The number of nitrogens with zero attached hydrogens (tertiary/aromatic N) is 2. The Bertz CT molecular complexity index is 1010. The van der Waals surface area contributed by atoms with Gasteiger partial charge in [0.15, 0.2) is 0 Å². The van der Waals surface area contributed by atoms with Crippen LogP contribution in [0.15, 0.2) is 66.5 Å². The molecule has 0 radical (unpaired) electrons. The van der Waals surface area contributed by atoms with Crippen molar-refractivity contribution in [3.63, 3.8) is 0 Å². The topological polar surface area (TPSA) is 35.9 Å². The number of phenolic OH excluding ortho intramolecular Hbond substituents is 1. The van der Waals surface area contributed by atoms with Gasteiger partial charge in [-0.1, -0.05) is 43.3 Å². The Morgan fingerprint density at radius 2 is 1.79 bits per heavy atom. The first-order valence-corrected chi connectivity index (χ1v) is 12.7. The van der Waals surface area contributed by atoms with Crippen LogP contribution in [0.5, 0.6) is 5.75 Å². The number of phenols is 1. The second-order valence-corrected chi connectivity index (χ2v) is 10.1. The SMILES string of the molecule is CCN(Cc1ccc(CCN(C)C)cc1)C1C=C(OC)C=CC1[C@@H]1CCc2cc(O)ccc2C1. The number of rotatable bonds is 9. The molecule has 0 bridgehead atoms. The van der Waals surface area contributed by atoms with Crippen molar-refractivity contribution in [1.82, 2.24) is 9.80 Å². The Morgan fingerprint density at radius 1 is 1.03 bits per heavy atom. The third-order valence-corrected chi connectivity index (χ3v) is 7.53. The van der Waals surface area contributed by atoms with Gasteiger partial charge in [0.2, 0.25) is 0 Å². The van der Waals surface area contributed by atoms with E-state index in [2.05, 4.69) is 79.4 Å². The lowest BCUT2D eigenvalue weighted by Crippen LogP contribution is -2.43. The maximum absolute atomic E-state index is 9.88. The van der Waals surface area contributed by atoms with Crippen molar-refractivity contribution < 1.29 is 9.84 Å². The second kappa shape index (κ2) is 11.2. The number of fused-ring (bicyclic) bond motifs is 1. The molecule has 0 heterocycles. The molecule has 4 nitrogen and oxygen atoms in total. The van der Waals surface area contributed by atoms with Crippen molar-refractivity contribution in [2.24, 2.45) is 11.8 Å². The van der Waals surface area contributed by atoms with Crippen LogP contribution in [0.3, 0.4) is 0 Å². The van der Waals surface area contributed by atoms with E-state index in [4.69, 9.17) is 4.74 Å². The average molecular weight is 461 g/mol. The molecule has 2 aromatic carbocycles. The molecule has 34 heavy (non-hydrogen) atoms. The standard InChI is InChI=1S/C30H40N2O2/c1-5-32(21-23-8-6-22(7-9-23)16-17-31(2)3)30-20-28(34-4)14-15-29(30)26-11-10-25-19-27(33)13-12-24(25)18-26/h6-9,12-15,19-20,26,29-30,33H,5,10-11,16-18,21H2,1-4H3/t26-,29?,30?/m1/s1. The third-order valence-electron chi connectivity index (χ3n) is 7.53. The Labute approximate surface area is 205 Å². The molecule has 182 valence electrons. The minimum atomic E-state index is 0.307. The van der Waals surface area contributed by atoms with Crippen LogP contribution < -0.4 is 0 Å². The summed E-state index contributed by atoms with van der Waals surface area (Å²) in [6, 6.07) is 15.4. The van der Waals surface area contributed by atoms with Crippen molar-refractivity contribution >= 4 is 0 Å². The molecular weight excluding hydrogens is 420 g/mol. The second-order valence-electron chi connectivity index (χ2n) is 10.1. The van der Waals surface area contributed by atoms with Crippen molar-refractivity contribution in [2.75, 3.05) is 34.3 Å². The molecular formula is C30H40N2O2. The molecule has 2 aliphatic carbocycles. The number of methoxy groups -OCH3 is 1. The highest BCUT2D eigenvalue weighted by atomic mass is 16.5. The minimum absolute atomic E-state index is 0.307. The molecule has 2 aliphatic rings. The Morgan fingerprint density at radius 3 is 2.50 bits per heavy atom. The van der Waals surface area contributed by atoms with Gasteiger partial charge in [-0.3, -0.25) is 4.90 Å². The number of allylic oxidation sites excluding steroid dienone is 1. The van der Waals surface area contributed by atoms with Gasteiger partial charge in [-0.25, -0.2) is 0 Å². The van der Waals surface area contributed by atoms with Gasteiger partial charge in [0.1, 0.15) is 11.5 Å². The summed E-state index contributed by atoms with van der Waals surface area (Å²) in [6.45, 7) is 5.26. The number of aryl methyl sites for hydroxylation is 1. The fourth-order valence-electron chi connectivity index (χ4n) is 5.50. The molecule has 0 aliphatic heterocycles. The van der Waals surface area contributed by atoms with E-state index in [1.165, 1.54) is 22.3 Å². The molecule has 1 N–H and O–H groups in total. The van der Waals surface area contributed by atoms with E-state index >= 15 is 0 Å². The quantitative estimate of drug-likeness (QED) is 0.557. The molecule has 0 aromatic heterocycles. The maximum atomic E-state index is 9.88. The highest BCUT2D eigenvalue weighted by Gasteiger charge is 2.34. The molecule has 4 heteroatoms. The van der Waals surface area contributed by atoms with Crippen LogP contribution >= 0.6 is 0 Å². The molecule has 3 atom stereocenters. The highest BCUT2D eigenvalue weighted by molar-refractivity contribution is 5.37. The van der Waals surface area contributed by atoms with Gasteiger partial charge in [0.05, 0.1) is 7.11 Å². The lowest BCUT2D eigenvalue weighted by atomic mass is 9.72. The monoisotopic (exact) mass is 460 g/mol. The normalized spacial score (nSPS) is 22.1. The fourth-order valence-corrected chi connectivity index (χ4v) is 5.50. The van der Waals surface area contributed by atoms with Crippen molar-refractivity contribution in [3.8, 4) is 5.75 Å². The lowest BCUT2D eigenvalue weighted by Gasteiger charge is -2.41. The molecule has 4 rings (SSSR count). The summed E-state index contributed by atoms with van der Waals surface area (Å²) >= 11 is 0. The first kappa shape index (κ1) is 24.6. The zero-order valence-corrected chi connectivity index (χ0v) is 21.2. The largest absolute Gasteiger partial charge is 0.508 e. The van der Waals surface area contributed by atoms with Crippen LogP contribution in [-0.4, -0.2) is 55.2 Å². The van der Waals surface area contributed by atoms with E-state index in [0.717, 1.165) is 51.1 Å². The highest BCUT2D eigenvalue weighted by Crippen LogP contribution is 2.38. The summed E-state index contributed by atoms with van der Waals surface area (Å²) in [5.41, 5.74) is 5.45. The molecule has 2 aromatic rings. The predicted octanol–water partition coefficient (Wildman–Crippen LogP) is 5.21. The first-order valence-electron chi connectivity index (χ1n) is 12.7. The molecule has 0 saturated carbocycles. The first-order chi connectivity index (χ1) is 16.5. The zero-order chi connectivity index (χ0) is 24.1. The van der Waals surface area contributed by atoms with Gasteiger partial charge in [-0.2, -0.15) is 0 Å². The Hall–Kier alpha value is -2.56. The number of hydrogen-bond donors (Lipinski definition) is 1. The van der Waals surface area contributed by atoms with Crippen molar-refractivity contribution in [2.45, 2.75) is 45.2 Å². The van der Waals surface area contributed by atoms with Gasteiger partial charge in [-0.15, -0.1) is 0 Å². The van der Waals surface area contributed by atoms with E-state index in [9.17, 15) is 5.11 Å². The van der Waals surface area contributed by atoms with Gasteiger partial charge in [0, 0.05) is 19.1 Å². The van der Waals surface area contributed by atoms with Crippen molar-refractivity contribution in [1.29, 1.82) is 0 Å². The summed E-state index contributed by atoms with van der Waals surface area (Å²) < 4.78 is 5.65. The Balaban J connectivity index is 1.50. The summed E-state index contributed by atoms with van der Waals surface area (Å²) in [5.74, 6) is 2.36. The summed E-state index contributed by atoms with van der Waals surface area (Å²) in [4.78, 5) is 4.82. The number of aromatic hydroxyl groups is 1. The summed E-state index contributed by atoms with van der Waals surface area (Å²) in [6.07, 6.45) is 11.2. The van der Waals surface area contributed by atoms with Gasteiger partial charge in [0.25, 0.3) is 0 Å².